The molecule has 0 bridgehead atoms. The van der Waals surface area contributed by atoms with Crippen LogP contribution in [0.15, 0.2) is 0 Å². The number of aryl methyl sites for hydroxylation is 1. The average Bonchev–Trinajstić information content (AvgIpc) is 2.54. The molecule has 82 valence electrons. The highest BCUT2D eigenvalue weighted by molar-refractivity contribution is 5.93. The fraction of sp³-hybridized carbons (Fsp3) is 0.600. The average molecular weight is 209 g/mol. The lowest BCUT2D eigenvalue weighted by molar-refractivity contribution is 0.0955. The normalized spacial score (nSPS) is 19.8. The number of aliphatic hydroxyl groups excluding tert-OH is 1. The molecule has 5 heteroatoms. The Kier molecular flexibility index (Phi) is 2.48. The fourth-order valence-corrected chi connectivity index (χ4v) is 2.07. The third kappa shape index (κ3) is 1.63. The molecule has 2 N–H and O–H groups in total. The highest BCUT2D eigenvalue weighted by Crippen LogP contribution is 2.24. The first kappa shape index (κ1) is 10.2. The van der Waals surface area contributed by atoms with Crippen LogP contribution in [0.3, 0.4) is 0 Å². The topological polar surface area (TPSA) is 67.2 Å². The van der Waals surface area contributed by atoms with Crippen LogP contribution >= 0.6 is 0 Å². The molecule has 1 aromatic heterocycles. The Bertz CT molecular complexity index is 398. The quantitative estimate of drug-likeness (QED) is 0.663. The summed E-state index contributed by atoms with van der Waals surface area (Å²) >= 11 is 0. The second kappa shape index (κ2) is 3.66. The van der Waals surface area contributed by atoms with E-state index in [1.54, 1.807) is 11.7 Å². The maximum absolute atomic E-state index is 11.5. The number of hydrogen-bond donors (Lipinski definition) is 2. The van der Waals surface area contributed by atoms with Crippen molar-refractivity contribution >= 4 is 5.91 Å². The zero-order chi connectivity index (χ0) is 11.0. The van der Waals surface area contributed by atoms with Crippen LogP contribution in [-0.4, -0.2) is 33.9 Å². The third-order valence-electron chi connectivity index (χ3n) is 2.87. The van der Waals surface area contributed by atoms with Crippen LogP contribution in [0.1, 0.15) is 28.2 Å². The Hall–Kier alpha value is -1.36. The summed E-state index contributed by atoms with van der Waals surface area (Å²) in [5.74, 6) is -0.180. The van der Waals surface area contributed by atoms with E-state index in [4.69, 9.17) is 0 Å². The van der Waals surface area contributed by atoms with Crippen LogP contribution in [0.4, 0.5) is 0 Å². The van der Waals surface area contributed by atoms with Crippen molar-refractivity contribution in [2.24, 2.45) is 7.05 Å². The van der Waals surface area contributed by atoms with Crippen LogP contribution < -0.4 is 5.32 Å². The number of fused-ring (bicyclic) bond motifs is 1. The second-order valence-corrected chi connectivity index (χ2v) is 3.87. The Morgan fingerprint density at radius 1 is 1.67 bits per heavy atom. The molecule has 15 heavy (non-hydrogen) atoms. The van der Waals surface area contributed by atoms with Crippen LogP contribution in [0.5, 0.6) is 0 Å². The number of amides is 1. The van der Waals surface area contributed by atoms with Gasteiger partial charge < -0.3 is 10.4 Å². The maximum Gasteiger partial charge on any atom is 0.271 e. The zero-order valence-corrected chi connectivity index (χ0v) is 8.95. The first-order valence-electron chi connectivity index (χ1n) is 5.08. The molecular weight excluding hydrogens is 194 g/mol. The molecule has 1 aliphatic rings. The Morgan fingerprint density at radius 3 is 3.07 bits per heavy atom. The van der Waals surface area contributed by atoms with Gasteiger partial charge in [-0.05, 0) is 12.8 Å². The van der Waals surface area contributed by atoms with Crippen molar-refractivity contribution < 1.29 is 9.90 Å². The van der Waals surface area contributed by atoms with E-state index in [9.17, 15) is 9.90 Å². The molecule has 0 aromatic carbocycles. The van der Waals surface area contributed by atoms with Crippen molar-refractivity contribution in [3.8, 4) is 0 Å². The van der Waals surface area contributed by atoms with Gasteiger partial charge in [0.1, 0.15) is 0 Å². The van der Waals surface area contributed by atoms with Crippen LogP contribution in [0.25, 0.3) is 0 Å². The Morgan fingerprint density at radius 2 is 2.40 bits per heavy atom. The molecular formula is C10H15N3O2. The Balaban J connectivity index is 2.45. The molecule has 1 amide bonds. The van der Waals surface area contributed by atoms with E-state index in [0.717, 1.165) is 24.1 Å². The molecule has 0 aliphatic heterocycles. The summed E-state index contributed by atoms with van der Waals surface area (Å²) in [6.07, 6.45) is 1.73. The number of aliphatic hydroxyl groups is 1. The number of nitrogens with one attached hydrogen (secondary N) is 1. The molecule has 0 spiro atoms. The second-order valence-electron chi connectivity index (χ2n) is 3.87. The molecule has 2 rings (SSSR count). The van der Waals surface area contributed by atoms with Gasteiger partial charge in [0.25, 0.3) is 5.91 Å². The molecule has 1 unspecified atom stereocenters. The minimum atomic E-state index is -0.342. The first-order chi connectivity index (χ1) is 7.13. The number of rotatable bonds is 1. The molecule has 0 saturated carbocycles. The number of carbonyl (C=O) groups excluding carboxylic acids is 1. The summed E-state index contributed by atoms with van der Waals surface area (Å²) in [5, 5.41) is 16.3. The monoisotopic (exact) mass is 209 g/mol. The highest BCUT2D eigenvalue weighted by atomic mass is 16.3. The van der Waals surface area contributed by atoms with E-state index >= 15 is 0 Å². The van der Waals surface area contributed by atoms with Crippen LogP contribution in [0.2, 0.25) is 0 Å². The van der Waals surface area contributed by atoms with Gasteiger partial charge in [-0.25, -0.2) is 0 Å². The summed E-state index contributed by atoms with van der Waals surface area (Å²) in [7, 11) is 3.42. The van der Waals surface area contributed by atoms with E-state index in [1.807, 2.05) is 7.05 Å². The van der Waals surface area contributed by atoms with E-state index in [-0.39, 0.29) is 12.0 Å². The summed E-state index contributed by atoms with van der Waals surface area (Å²) in [6.45, 7) is 0. The van der Waals surface area contributed by atoms with Gasteiger partial charge in [0.15, 0.2) is 5.69 Å². The molecule has 1 aliphatic carbocycles. The van der Waals surface area contributed by atoms with Crippen molar-refractivity contribution in [3.63, 3.8) is 0 Å². The van der Waals surface area contributed by atoms with Gasteiger partial charge in [-0.15, -0.1) is 0 Å². The molecule has 5 nitrogen and oxygen atoms in total. The van der Waals surface area contributed by atoms with E-state index in [2.05, 4.69) is 10.4 Å². The summed E-state index contributed by atoms with van der Waals surface area (Å²) < 4.78 is 1.74. The highest BCUT2D eigenvalue weighted by Gasteiger charge is 2.26. The molecule has 0 saturated heterocycles. The van der Waals surface area contributed by atoms with Crippen LogP contribution in [0, 0.1) is 0 Å². The van der Waals surface area contributed by atoms with Crippen molar-refractivity contribution in [2.45, 2.75) is 25.4 Å². The molecule has 1 heterocycles. The number of hydrogen-bond acceptors (Lipinski definition) is 3. The predicted octanol–water partition coefficient (Wildman–Crippen LogP) is -0.371. The van der Waals surface area contributed by atoms with Gasteiger partial charge >= 0.3 is 0 Å². The van der Waals surface area contributed by atoms with Gasteiger partial charge in [0, 0.05) is 31.8 Å². The summed E-state index contributed by atoms with van der Waals surface area (Å²) in [5.41, 5.74) is 2.42. The van der Waals surface area contributed by atoms with Crippen molar-refractivity contribution in [1.29, 1.82) is 0 Å². The van der Waals surface area contributed by atoms with Crippen molar-refractivity contribution in [2.75, 3.05) is 7.05 Å². The number of carbonyl (C=O) groups is 1. The predicted molar refractivity (Wildman–Crippen MR) is 54.6 cm³/mol. The van der Waals surface area contributed by atoms with Gasteiger partial charge in [0.2, 0.25) is 0 Å². The SMILES string of the molecule is CNC(=O)c1nn(C)c2c1CC(O)CC2. The summed E-state index contributed by atoms with van der Waals surface area (Å²) in [6, 6.07) is 0. The summed E-state index contributed by atoms with van der Waals surface area (Å²) in [4.78, 5) is 11.5. The lowest BCUT2D eigenvalue weighted by Crippen LogP contribution is -2.24. The zero-order valence-electron chi connectivity index (χ0n) is 8.95. The smallest absolute Gasteiger partial charge is 0.271 e. The van der Waals surface area contributed by atoms with Gasteiger partial charge in [-0.3, -0.25) is 9.48 Å². The number of aromatic nitrogens is 2. The van der Waals surface area contributed by atoms with Gasteiger partial charge in [-0.1, -0.05) is 0 Å². The van der Waals surface area contributed by atoms with E-state index in [0.29, 0.717) is 12.1 Å². The third-order valence-corrected chi connectivity index (χ3v) is 2.87. The maximum atomic E-state index is 11.5. The Labute approximate surface area is 88.1 Å². The molecule has 0 radical (unpaired) electrons. The van der Waals surface area contributed by atoms with Gasteiger partial charge in [0.05, 0.1) is 6.10 Å². The van der Waals surface area contributed by atoms with Crippen molar-refractivity contribution in [3.05, 3.63) is 17.0 Å². The minimum absolute atomic E-state index is 0.180. The van der Waals surface area contributed by atoms with E-state index in [1.165, 1.54) is 0 Å². The van der Waals surface area contributed by atoms with Gasteiger partial charge in [-0.2, -0.15) is 5.10 Å². The standard InChI is InChI=1S/C10H15N3O2/c1-11-10(15)9-7-5-6(14)3-4-8(7)13(2)12-9/h6,14H,3-5H2,1-2H3,(H,11,15). The van der Waals surface area contributed by atoms with Crippen LogP contribution in [-0.2, 0) is 19.9 Å². The first-order valence-corrected chi connectivity index (χ1v) is 5.08. The lowest BCUT2D eigenvalue weighted by atomic mass is 9.93. The van der Waals surface area contributed by atoms with Crippen molar-refractivity contribution in [1.82, 2.24) is 15.1 Å². The number of nitrogens with zero attached hydrogens (tertiary/aromatic N) is 2. The molecule has 1 atom stereocenters. The molecule has 1 aromatic rings. The lowest BCUT2D eigenvalue weighted by Gasteiger charge is -2.17. The largest absolute Gasteiger partial charge is 0.393 e. The fourth-order valence-electron chi connectivity index (χ4n) is 2.07. The molecule has 0 fully saturated rings. The van der Waals surface area contributed by atoms with E-state index < -0.39 is 0 Å². The minimum Gasteiger partial charge on any atom is -0.393 e.